The van der Waals surface area contributed by atoms with Gasteiger partial charge in [-0.2, -0.15) is 0 Å². The number of thiazole rings is 1. The Kier molecular flexibility index (Phi) is 2.12. The summed E-state index contributed by atoms with van der Waals surface area (Å²) in [6, 6.07) is 5.48. The zero-order chi connectivity index (χ0) is 11.1. The number of nitrogens with zero attached hydrogens (tertiary/aromatic N) is 1. The summed E-state index contributed by atoms with van der Waals surface area (Å²) in [6.07, 6.45) is 0. The predicted molar refractivity (Wildman–Crippen MR) is 65.2 cm³/mol. The minimum atomic E-state index is -0.443. The van der Waals surface area contributed by atoms with Gasteiger partial charge in [-0.1, -0.05) is 0 Å². The number of nitrogens with one attached hydrogen (secondary N) is 1. The average molecular weight is 250 g/mol. The molecule has 0 spiro atoms. The lowest BCUT2D eigenvalue weighted by atomic mass is 10.2. The minimum Gasteiger partial charge on any atom is -0.408 e. The number of fused-ring (bicyclic) bond motifs is 1. The Labute approximate surface area is 99.4 Å². The molecule has 3 aromatic rings. The van der Waals surface area contributed by atoms with Crippen molar-refractivity contribution in [1.29, 1.82) is 0 Å². The van der Waals surface area contributed by atoms with Crippen molar-refractivity contribution in [2.24, 2.45) is 0 Å². The summed E-state index contributed by atoms with van der Waals surface area (Å²) in [5.74, 6) is -0.443. The Morgan fingerprint density at radius 3 is 3.06 bits per heavy atom. The van der Waals surface area contributed by atoms with Crippen LogP contribution in [0.3, 0.4) is 0 Å². The van der Waals surface area contributed by atoms with Crippen LogP contribution < -0.4 is 5.76 Å². The highest BCUT2D eigenvalue weighted by Gasteiger charge is 2.06. The van der Waals surface area contributed by atoms with Crippen LogP contribution in [0.5, 0.6) is 0 Å². The van der Waals surface area contributed by atoms with E-state index in [9.17, 15) is 4.79 Å². The molecule has 2 heterocycles. The van der Waals surface area contributed by atoms with E-state index in [4.69, 9.17) is 4.42 Å². The van der Waals surface area contributed by atoms with Gasteiger partial charge in [0.15, 0.2) is 5.58 Å². The third-order valence-electron chi connectivity index (χ3n) is 2.16. The van der Waals surface area contributed by atoms with Crippen LogP contribution in [0.2, 0.25) is 0 Å². The molecule has 1 N–H and O–H groups in total. The quantitative estimate of drug-likeness (QED) is 0.652. The van der Waals surface area contributed by atoms with E-state index in [1.54, 1.807) is 12.1 Å². The van der Waals surface area contributed by atoms with Crippen molar-refractivity contribution >= 4 is 35.1 Å². The number of aromatic amines is 1. The molecule has 80 valence electrons. The van der Waals surface area contributed by atoms with Gasteiger partial charge in [-0.15, -0.1) is 24.0 Å². The smallest absolute Gasteiger partial charge is 0.408 e. The first-order valence-corrected chi connectivity index (χ1v) is 5.83. The maximum Gasteiger partial charge on any atom is 0.417 e. The first-order chi connectivity index (χ1) is 7.72. The van der Waals surface area contributed by atoms with Gasteiger partial charge in [0.25, 0.3) is 0 Å². The molecule has 0 aliphatic heterocycles. The number of aromatic nitrogens is 2. The Morgan fingerprint density at radius 1 is 1.44 bits per heavy atom. The first-order valence-electron chi connectivity index (χ1n) is 4.50. The SMILES string of the molecule is O=c1[nH]c2ccc(-c3nc(S)cs3)cc2o1. The summed E-state index contributed by atoms with van der Waals surface area (Å²) in [4.78, 5) is 17.8. The number of hydrogen-bond donors (Lipinski definition) is 2. The van der Waals surface area contributed by atoms with Crippen LogP contribution in [0, 0.1) is 0 Å². The maximum absolute atomic E-state index is 11.0. The molecule has 0 saturated carbocycles. The molecule has 4 nitrogen and oxygen atoms in total. The number of benzene rings is 1. The molecular weight excluding hydrogens is 244 g/mol. The van der Waals surface area contributed by atoms with Crippen molar-refractivity contribution in [3.05, 3.63) is 34.1 Å². The Hall–Kier alpha value is -1.53. The molecule has 0 fully saturated rings. The van der Waals surface area contributed by atoms with E-state index in [1.807, 2.05) is 11.4 Å². The molecule has 0 aliphatic carbocycles. The fraction of sp³-hybridized carbons (Fsp3) is 0. The molecule has 0 amide bonds. The van der Waals surface area contributed by atoms with Crippen LogP contribution in [-0.4, -0.2) is 9.97 Å². The molecule has 2 aromatic heterocycles. The van der Waals surface area contributed by atoms with Crippen LogP contribution >= 0.6 is 24.0 Å². The van der Waals surface area contributed by atoms with E-state index in [1.165, 1.54) is 11.3 Å². The van der Waals surface area contributed by atoms with Crippen molar-refractivity contribution in [2.45, 2.75) is 5.03 Å². The minimum absolute atomic E-state index is 0.443. The summed E-state index contributed by atoms with van der Waals surface area (Å²) >= 11 is 5.65. The van der Waals surface area contributed by atoms with Crippen LogP contribution in [0.1, 0.15) is 0 Å². The van der Waals surface area contributed by atoms with Gasteiger partial charge in [0, 0.05) is 10.9 Å². The largest absolute Gasteiger partial charge is 0.417 e. The average Bonchev–Trinajstić information content (AvgIpc) is 2.81. The summed E-state index contributed by atoms with van der Waals surface area (Å²) in [6.45, 7) is 0. The van der Waals surface area contributed by atoms with E-state index in [0.29, 0.717) is 16.1 Å². The van der Waals surface area contributed by atoms with Crippen LogP contribution in [-0.2, 0) is 0 Å². The molecule has 0 saturated heterocycles. The molecular formula is C10H6N2O2S2. The van der Waals surface area contributed by atoms with Gasteiger partial charge in [0.2, 0.25) is 0 Å². The van der Waals surface area contributed by atoms with Crippen molar-refractivity contribution < 1.29 is 4.42 Å². The second kappa shape index (κ2) is 3.50. The van der Waals surface area contributed by atoms with E-state index < -0.39 is 5.76 Å². The molecule has 0 unspecified atom stereocenters. The second-order valence-electron chi connectivity index (χ2n) is 3.24. The van der Waals surface area contributed by atoms with E-state index >= 15 is 0 Å². The highest BCUT2D eigenvalue weighted by molar-refractivity contribution is 7.80. The van der Waals surface area contributed by atoms with Crippen LogP contribution in [0.4, 0.5) is 0 Å². The predicted octanol–water partition coefficient (Wildman–Crippen LogP) is 2.53. The molecule has 16 heavy (non-hydrogen) atoms. The fourth-order valence-corrected chi connectivity index (χ4v) is 2.49. The molecule has 0 bridgehead atoms. The molecule has 0 atom stereocenters. The van der Waals surface area contributed by atoms with Crippen molar-refractivity contribution in [3.63, 3.8) is 0 Å². The normalized spacial score (nSPS) is 11.1. The van der Waals surface area contributed by atoms with Crippen LogP contribution in [0.25, 0.3) is 21.7 Å². The topological polar surface area (TPSA) is 58.9 Å². The summed E-state index contributed by atoms with van der Waals surface area (Å²) < 4.78 is 4.98. The van der Waals surface area contributed by atoms with E-state index in [2.05, 4.69) is 22.6 Å². The van der Waals surface area contributed by atoms with Gasteiger partial charge in [0.1, 0.15) is 10.0 Å². The highest BCUT2D eigenvalue weighted by Crippen LogP contribution is 2.27. The van der Waals surface area contributed by atoms with Crippen LogP contribution in [0.15, 0.2) is 37.8 Å². The maximum atomic E-state index is 11.0. The Bertz CT molecular complexity index is 711. The molecule has 6 heteroatoms. The van der Waals surface area contributed by atoms with E-state index in [-0.39, 0.29) is 0 Å². The summed E-state index contributed by atoms with van der Waals surface area (Å²) in [5, 5.41) is 3.40. The summed E-state index contributed by atoms with van der Waals surface area (Å²) in [5.41, 5.74) is 2.15. The molecule has 1 aromatic carbocycles. The number of hydrogen-bond acceptors (Lipinski definition) is 5. The molecule has 0 radical (unpaired) electrons. The van der Waals surface area contributed by atoms with Crippen molar-refractivity contribution in [2.75, 3.05) is 0 Å². The highest BCUT2D eigenvalue weighted by atomic mass is 32.1. The number of thiol groups is 1. The second-order valence-corrected chi connectivity index (χ2v) is 4.55. The lowest BCUT2D eigenvalue weighted by molar-refractivity contribution is 0.555. The lowest BCUT2D eigenvalue weighted by Crippen LogP contribution is -1.92. The van der Waals surface area contributed by atoms with Crippen molar-refractivity contribution in [3.8, 4) is 10.6 Å². The zero-order valence-corrected chi connectivity index (χ0v) is 9.64. The third kappa shape index (κ3) is 1.56. The molecule has 0 aliphatic rings. The Morgan fingerprint density at radius 2 is 2.31 bits per heavy atom. The van der Waals surface area contributed by atoms with E-state index in [0.717, 1.165) is 10.6 Å². The monoisotopic (exact) mass is 250 g/mol. The Balaban J connectivity index is 2.21. The van der Waals surface area contributed by atoms with Gasteiger partial charge in [-0.3, -0.25) is 4.98 Å². The number of oxazole rings is 1. The van der Waals surface area contributed by atoms with Gasteiger partial charge < -0.3 is 4.42 Å². The summed E-state index contributed by atoms with van der Waals surface area (Å²) in [7, 11) is 0. The van der Waals surface area contributed by atoms with Gasteiger partial charge in [0.05, 0.1) is 5.52 Å². The fourth-order valence-electron chi connectivity index (χ4n) is 1.48. The third-order valence-corrected chi connectivity index (χ3v) is 3.46. The zero-order valence-electron chi connectivity index (χ0n) is 7.93. The lowest BCUT2D eigenvalue weighted by Gasteiger charge is -1.94. The molecule has 3 rings (SSSR count). The number of H-pyrrole nitrogens is 1. The van der Waals surface area contributed by atoms with Gasteiger partial charge >= 0.3 is 5.76 Å². The standard InChI is InChI=1S/C10H6N2O2S2/c13-10-11-6-2-1-5(3-7(6)14-10)9-12-8(15)4-16-9/h1-4,15H,(H,11,13). The van der Waals surface area contributed by atoms with Gasteiger partial charge in [-0.25, -0.2) is 9.78 Å². The first kappa shape index (κ1) is 9.68. The van der Waals surface area contributed by atoms with Crippen molar-refractivity contribution in [1.82, 2.24) is 9.97 Å². The number of rotatable bonds is 1. The van der Waals surface area contributed by atoms with Gasteiger partial charge in [-0.05, 0) is 18.2 Å².